The van der Waals surface area contributed by atoms with Gasteiger partial charge in [0.25, 0.3) is 0 Å². The summed E-state index contributed by atoms with van der Waals surface area (Å²) >= 11 is 0. The van der Waals surface area contributed by atoms with Crippen LogP contribution in [0.5, 0.6) is 0 Å². The number of ether oxygens (including phenoxy) is 1. The first-order valence-electron chi connectivity index (χ1n) is 4.48. The zero-order valence-corrected chi connectivity index (χ0v) is 8.97. The maximum absolute atomic E-state index is 11.2. The van der Waals surface area contributed by atoms with Crippen LogP contribution in [0.4, 0.5) is 0 Å². The van der Waals surface area contributed by atoms with E-state index in [1.54, 1.807) is 0 Å². The molecular weight excluding hydrogens is 190 g/mol. The molecule has 0 amide bonds. The molecule has 0 saturated heterocycles. The lowest BCUT2D eigenvalue weighted by molar-refractivity contribution is -0.148. The molecule has 13 heavy (non-hydrogen) atoms. The van der Waals surface area contributed by atoms with E-state index in [1.165, 1.54) is 7.11 Å². The largest absolute Gasteiger partial charge is 0.469 e. The van der Waals surface area contributed by atoms with Crippen molar-refractivity contribution in [3.8, 4) is 0 Å². The Bertz CT molecular complexity index is 175. The molecule has 0 aliphatic heterocycles. The molecule has 0 radical (unpaired) electrons. The summed E-state index contributed by atoms with van der Waals surface area (Å²) in [6.07, 6.45) is 2.86. The maximum atomic E-state index is 11.2. The fourth-order valence-corrected chi connectivity index (χ4v) is 1.83. The van der Waals surface area contributed by atoms with Gasteiger partial charge in [0.2, 0.25) is 0 Å². The van der Waals surface area contributed by atoms with Crippen LogP contribution in [0.25, 0.3) is 0 Å². The average Bonchev–Trinajstić information content (AvgIpc) is 2.08. The van der Waals surface area contributed by atoms with E-state index >= 15 is 0 Å². The molecule has 3 atom stereocenters. The summed E-state index contributed by atoms with van der Waals surface area (Å²) in [6.45, 7) is 2.09. The number of hydrogen-bond donors (Lipinski definition) is 1. The number of carbonyl (C=O) groups is 1. The molecule has 1 saturated carbocycles. The maximum Gasteiger partial charge on any atom is 0.308 e. The molecule has 3 nitrogen and oxygen atoms in total. The second kappa shape index (κ2) is 5.45. The highest BCUT2D eigenvalue weighted by Crippen LogP contribution is 2.29. The van der Waals surface area contributed by atoms with E-state index in [4.69, 9.17) is 10.5 Å². The lowest BCUT2D eigenvalue weighted by atomic mass is 9.78. The Morgan fingerprint density at radius 2 is 2.08 bits per heavy atom. The van der Waals surface area contributed by atoms with Crippen molar-refractivity contribution in [3.63, 3.8) is 0 Å². The van der Waals surface area contributed by atoms with E-state index in [2.05, 4.69) is 6.92 Å². The van der Waals surface area contributed by atoms with Crippen molar-refractivity contribution in [3.05, 3.63) is 0 Å². The Morgan fingerprint density at radius 3 is 2.62 bits per heavy atom. The van der Waals surface area contributed by atoms with Gasteiger partial charge in [-0.1, -0.05) is 6.92 Å². The minimum Gasteiger partial charge on any atom is -0.469 e. The normalized spacial score (nSPS) is 33.3. The van der Waals surface area contributed by atoms with Crippen LogP contribution in [0, 0.1) is 11.8 Å². The van der Waals surface area contributed by atoms with Gasteiger partial charge in [-0.05, 0) is 25.2 Å². The molecule has 0 aromatic carbocycles. The minimum atomic E-state index is -0.0994. The van der Waals surface area contributed by atoms with E-state index in [0.717, 1.165) is 19.3 Å². The van der Waals surface area contributed by atoms with E-state index in [-0.39, 0.29) is 30.3 Å². The minimum absolute atomic E-state index is 0. The van der Waals surface area contributed by atoms with Crippen LogP contribution < -0.4 is 5.73 Å². The van der Waals surface area contributed by atoms with Crippen LogP contribution in [0.1, 0.15) is 26.2 Å². The Labute approximate surface area is 85.4 Å². The van der Waals surface area contributed by atoms with E-state index in [9.17, 15) is 4.79 Å². The molecule has 0 aromatic heterocycles. The third-order valence-electron chi connectivity index (χ3n) is 2.74. The predicted molar refractivity (Wildman–Crippen MR) is 53.7 cm³/mol. The molecule has 4 heteroatoms. The Hall–Kier alpha value is -0.280. The third kappa shape index (κ3) is 3.16. The molecule has 0 spiro atoms. The van der Waals surface area contributed by atoms with Crippen molar-refractivity contribution in [2.75, 3.05) is 7.11 Å². The molecule has 1 fully saturated rings. The zero-order valence-electron chi connectivity index (χ0n) is 8.16. The van der Waals surface area contributed by atoms with Crippen molar-refractivity contribution in [1.82, 2.24) is 0 Å². The molecule has 1 aliphatic rings. The van der Waals surface area contributed by atoms with Gasteiger partial charge in [0.1, 0.15) is 0 Å². The van der Waals surface area contributed by atoms with Crippen molar-refractivity contribution in [2.24, 2.45) is 17.6 Å². The van der Waals surface area contributed by atoms with Crippen molar-refractivity contribution >= 4 is 18.4 Å². The monoisotopic (exact) mass is 207 g/mol. The van der Waals surface area contributed by atoms with Gasteiger partial charge in [-0.3, -0.25) is 4.79 Å². The second-order valence-corrected chi connectivity index (χ2v) is 3.68. The summed E-state index contributed by atoms with van der Waals surface area (Å²) < 4.78 is 4.71. The fraction of sp³-hybridized carbons (Fsp3) is 0.889. The quantitative estimate of drug-likeness (QED) is 0.661. The standard InChI is InChI=1S/C9H17NO2.ClH/c1-6-3-4-7(10)5-8(6)9(11)12-2;/h6-8H,3-5,10H2,1-2H3;1H. The topological polar surface area (TPSA) is 52.3 Å². The molecule has 1 aliphatic carbocycles. The van der Waals surface area contributed by atoms with Gasteiger partial charge in [0.05, 0.1) is 13.0 Å². The number of nitrogens with two attached hydrogens (primary N) is 1. The lowest BCUT2D eigenvalue weighted by Crippen LogP contribution is -2.36. The van der Waals surface area contributed by atoms with Gasteiger partial charge in [-0.15, -0.1) is 12.4 Å². The summed E-state index contributed by atoms with van der Waals surface area (Å²) in [7, 11) is 1.44. The average molecular weight is 208 g/mol. The summed E-state index contributed by atoms with van der Waals surface area (Å²) in [5, 5.41) is 0. The van der Waals surface area contributed by atoms with Crippen molar-refractivity contribution in [1.29, 1.82) is 0 Å². The smallest absolute Gasteiger partial charge is 0.308 e. The molecule has 0 bridgehead atoms. The highest BCUT2D eigenvalue weighted by atomic mass is 35.5. The Balaban J connectivity index is 0.00000144. The number of rotatable bonds is 1. The van der Waals surface area contributed by atoms with Crippen molar-refractivity contribution < 1.29 is 9.53 Å². The first-order valence-corrected chi connectivity index (χ1v) is 4.48. The zero-order chi connectivity index (χ0) is 9.14. The third-order valence-corrected chi connectivity index (χ3v) is 2.74. The van der Waals surface area contributed by atoms with Crippen LogP contribution in [0.3, 0.4) is 0 Å². The van der Waals surface area contributed by atoms with E-state index < -0.39 is 0 Å². The Morgan fingerprint density at radius 1 is 1.46 bits per heavy atom. The van der Waals surface area contributed by atoms with Gasteiger partial charge in [-0.2, -0.15) is 0 Å². The van der Waals surface area contributed by atoms with E-state index in [0.29, 0.717) is 5.92 Å². The SMILES string of the molecule is COC(=O)C1CC(N)CCC1C.Cl. The van der Waals surface area contributed by atoms with Gasteiger partial charge >= 0.3 is 5.97 Å². The molecule has 0 aromatic rings. The van der Waals surface area contributed by atoms with Gasteiger partial charge in [0.15, 0.2) is 0 Å². The first-order chi connectivity index (χ1) is 5.65. The molecular formula is C9H18ClNO2. The number of halogens is 1. The van der Waals surface area contributed by atoms with E-state index in [1.807, 2.05) is 0 Å². The Kier molecular flexibility index (Phi) is 5.33. The number of methoxy groups -OCH3 is 1. The predicted octanol–water partition coefficient (Wildman–Crippen LogP) is 1.34. The second-order valence-electron chi connectivity index (χ2n) is 3.68. The number of hydrogen-bond acceptors (Lipinski definition) is 3. The fourth-order valence-electron chi connectivity index (χ4n) is 1.83. The van der Waals surface area contributed by atoms with Gasteiger partial charge in [0, 0.05) is 6.04 Å². The summed E-state index contributed by atoms with van der Waals surface area (Å²) in [5.41, 5.74) is 5.77. The van der Waals surface area contributed by atoms with Crippen molar-refractivity contribution in [2.45, 2.75) is 32.2 Å². The summed E-state index contributed by atoms with van der Waals surface area (Å²) in [5.74, 6) is 0.355. The number of carbonyl (C=O) groups excluding carboxylic acids is 1. The molecule has 1 rings (SSSR count). The van der Waals surface area contributed by atoms with Crippen LogP contribution in [0.2, 0.25) is 0 Å². The number of esters is 1. The summed E-state index contributed by atoms with van der Waals surface area (Å²) in [4.78, 5) is 11.2. The molecule has 3 unspecified atom stereocenters. The van der Waals surface area contributed by atoms with Crippen LogP contribution >= 0.6 is 12.4 Å². The highest BCUT2D eigenvalue weighted by Gasteiger charge is 2.31. The van der Waals surface area contributed by atoms with Crippen LogP contribution in [-0.2, 0) is 9.53 Å². The van der Waals surface area contributed by atoms with Crippen LogP contribution in [0.15, 0.2) is 0 Å². The molecule has 78 valence electrons. The molecule has 0 heterocycles. The molecule has 2 N–H and O–H groups in total. The summed E-state index contributed by atoms with van der Waals surface area (Å²) in [6, 6.07) is 0.185. The van der Waals surface area contributed by atoms with Crippen LogP contribution in [-0.4, -0.2) is 19.1 Å². The lowest BCUT2D eigenvalue weighted by Gasteiger charge is -2.30. The highest BCUT2D eigenvalue weighted by molar-refractivity contribution is 5.85. The van der Waals surface area contributed by atoms with Gasteiger partial charge in [-0.25, -0.2) is 0 Å². The van der Waals surface area contributed by atoms with Gasteiger partial charge < -0.3 is 10.5 Å². The first kappa shape index (κ1) is 12.7.